The number of carbonyl (C=O) groups excluding carboxylic acids is 1. The first-order chi connectivity index (χ1) is 18.2. The summed E-state index contributed by atoms with van der Waals surface area (Å²) in [4.78, 5) is 27.1. The van der Waals surface area contributed by atoms with E-state index in [4.69, 9.17) is 0 Å². The van der Waals surface area contributed by atoms with Crippen LogP contribution >= 0.6 is 0 Å². The number of aromatic amines is 1. The number of rotatable bonds is 6. The molecule has 8 heteroatoms. The molecule has 190 valence electrons. The van der Waals surface area contributed by atoms with Crippen LogP contribution in [0.2, 0.25) is 0 Å². The predicted molar refractivity (Wildman–Crippen MR) is 147 cm³/mol. The lowest BCUT2D eigenvalue weighted by molar-refractivity contribution is 0.102. The van der Waals surface area contributed by atoms with Gasteiger partial charge in [0.05, 0.1) is 23.1 Å². The molecule has 2 fully saturated rings. The fraction of sp³-hybridized carbons (Fsp3) is 0.379. The lowest BCUT2D eigenvalue weighted by atomic mass is 10.0. The molecule has 0 unspecified atom stereocenters. The van der Waals surface area contributed by atoms with Crippen molar-refractivity contribution in [1.29, 1.82) is 0 Å². The van der Waals surface area contributed by atoms with E-state index < -0.39 is 0 Å². The van der Waals surface area contributed by atoms with Crippen LogP contribution in [0.25, 0.3) is 22.0 Å². The lowest BCUT2D eigenvalue weighted by Crippen LogP contribution is -2.29. The number of carbonyl (C=O) groups is 1. The second kappa shape index (κ2) is 10.7. The third kappa shape index (κ3) is 5.34. The third-order valence-electron chi connectivity index (χ3n) is 7.47. The molecular formula is C29H33N7O. The Balaban J connectivity index is 1.21. The molecule has 0 saturated carbocycles. The fourth-order valence-electron chi connectivity index (χ4n) is 5.46. The zero-order valence-electron chi connectivity index (χ0n) is 21.1. The minimum Gasteiger partial charge on any atom is -0.370 e. The van der Waals surface area contributed by atoms with Crippen molar-refractivity contribution in [3.8, 4) is 11.1 Å². The second-order valence-corrected chi connectivity index (χ2v) is 10.1. The van der Waals surface area contributed by atoms with Gasteiger partial charge in [-0.25, -0.2) is 0 Å². The van der Waals surface area contributed by atoms with Gasteiger partial charge in [0, 0.05) is 48.7 Å². The molecule has 6 rings (SSSR count). The Kier molecular flexibility index (Phi) is 6.82. The molecule has 5 heterocycles. The van der Waals surface area contributed by atoms with E-state index in [1.54, 1.807) is 6.20 Å². The highest BCUT2D eigenvalue weighted by molar-refractivity contribution is 6.11. The van der Waals surface area contributed by atoms with Crippen molar-refractivity contribution in [3.63, 3.8) is 0 Å². The van der Waals surface area contributed by atoms with Crippen molar-refractivity contribution >= 4 is 28.2 Å². The molecule has 1 amide bonds. The molecule has 4 aromatic rings. The van der Waals surface area contributed by atoms with Gasteiger partial charge in [0.2, 0.25) is 0 Å². The van der Waals surface area contributed by atoms with Gasteiger partial charge in [0.15, 0.2) is 5.69 Å². The number of fused-ring (bicyclic) bond motifs is 1. The van der Waals surface area contributed by atoms with Crippen LogP contribution in [0.3, 0.4) is 0 Å². The molecule has 37 heavy (non-hydrogen) atoms. The van der Waals surface area contributed by atoms with E-state index in [0.29, 0.717) is 5.69 Å². The highest BCUT2D eigenvalue weighted by Gasteiger charge is 2.17. The second-order valence-electron chi connectivity index (χ2n) is 10.1. The van der Waals surface area contributed by atoms with Crippen molar-refractivity contribution in [1.82, 2.24) is 25.1 Å². The Bertz CT molecular complexity index is 1390. The van der Waals surface area contributed by atoms with Crippen LogP contribution in [0.1, 0.15) is 54.7 Å². The smallest absolute Gasteiger partial charge is 0.276 e. The monoisotopic (exact) mass is 495 g/mol. The normalized spacial score (nSPS) is 16.7. The molecule has 0 bridgehead atoms. The number of H-pyrrole nitrogens is 1. The number of amides is 1. The lowest BCUT2D eigenvalue weighted by Gasteiger charge is -2.28. The van der Waals surface area contributed by atoms with Gasteiger partial charge in [-0.2, -0.15) is 5.10 Å². The molecule has 0 aliphatic carbocycles. The van der Waals surface area contributed by atoms with Crippen LogP contribution in [0.15, 0.2) is 55.0 Å². The summed E-state index contributed by atoms with van der Waals surface area (Å²) in [5.41, 5.74) is 6.12. The maximum Gasteiger partial charge on any atom is 0.276 e. The maximum atomic E-state index is 13.3. The number of piperidine rings is 2. The molecule has 2 N–H and O–H groups in total. The largest absolute Gasteiger partial charge is 0.370 e. The number of pyridine rings is 2. The Morgan fingerprint density at radius 1 is 0.892 bits per heavy atom. The average Bonchev–Trinajstić information content (AvgIpc) is 3.38. The number of benzene rings is 1. The maximum absolute atomic E-state index is 13.3. The highest BCUT2D eigenvalue weighted by atomic mass is 16.1. The van der Waals surface area contributed by atoms with E-state index in [2.05, 4.69) is 47.4 Å². The number of hydrogen-bond donors (Lipinski definition) is 2. The summed E-state index contributed by atoms with van der Waals surface area (Å²) in [5, 5.41) is 11.2. The first-order valence-electron chi connectivity index (χ1n) is 13.4. The Labute approximate surface area is 217 Å². The van der Waals surface area contributed by atoms with E-state index in [0.717, 1.165) is 71.8 Å². The summed E-state index contributed by atoms with van der Waals surface area (Å²) in [7, 11) is 0. The van der Waals surface area contributed by atoms with Crippen LogP contribution < -0.4 is 10.2 Å². The first-order valence-corrected chi connectivity index (χ1v) is 13.4. The molecule has 2 aliphatic heterocycles. The number of aromatic nitrogens is 4. The summed E-state index contributed by atoms with van der Waals surface area (Å²) in [5.74, 6) is -0.237. The van der Waals surface area contributed by atoms with Gasteiger partial charge in [-0.3, -0.25) is 24.8 Å². The molecular weight excluding hydrogens is 462 g/mol. The number of anilines is 2. The van der Waals surface area contributed by atoms with Crippen LogP contribution in [-0.2, 0) is 6.54 Å². The zero-order chi connectivity index (χ0) is 25.0. The topological polar surface area (TPSA) is 90.0 Å². The van der Waals surface area contributed by atoms with E-state index >= 15 is 0 Å². The number of nitrogens with one attached hydrogen (secondary N) is 2. The van der Waals surface area contributed by atoms with Crippen molar-refractivity contribution in [2.75, 3.05) is 36.4 Å². The fourth-order valence-corrected chi connectivity index (χ4v) is 5.46. The molecule has 3 aromatic heterocycles. The standard InChI is InChI=1S/C29H33N7O/c37-29(32-23-9-10-31-24(17-23)20-35-11-3-1-4-12-35)28-26-16-21(7-8-27(26)33-34-28)22-15-25(19-30-18-22)36-13-5-2-6-14-36/h7-10,15-19H,1-6,11-14,20H2,(H,33,34)(H,31,32,37). The van der Waals surface area contributed by atoms with Gasteiger partial charge < -0.3 is 10.2 Å². The first kappa shape index (κ1) is 23.6. The minimum absolute atomic E-state index is 0.237. The van der Waals surface area contributed by atoms with Gasteiger partial charge in [0.25, 0.3) is 5.91 Å². The summed E-state index contributed by atoms with van der Waals surface area (Å²) in [6, 6.07) is 12.0. The van der Waals surface area contributed by atoms with Crippen LogP contribution in [-0.4, -0.2) is 57.2 Å². The summed E-state index contributed by atoms with van der Waals surface area (Å²) in [6.07, 6.45) is 13.1. The van der Waals surface area contributed by atoms with E-state index in [9.17, 15) is 4.79 Å². The third-order valence-corrected chi connectivity index (χ3v) is 7.47. The van der Waals surface area contributed by atoms with Gasteiger partial charge in [-0.1, -0.05) is 12.5 Å². The molecule has 1 aromatic carbocycles. The van der Waals surface area contributed by atoms with E-state index in [1.807, 2.05) is 36.7 Å². The number of hydrogen-bond acceptors (Lipinski definition) is 6. The van der Waals surface area contributed by atoms with Crippen molar-refractivity contribution in [2.45, 2.75) is 45.1 Å². The Morgan fingerprint density at radius 2 is 1.70 bits per heavy atom. The molecule has 0 spiro atoms. The van der Waals surface area contributed by atoms with E-state index in [1.165, 1.54) is 38.5 Å². The molecule has 0 radical (unpaired) electrons. The SMILES string of the molecule is O=C(Nc1ccnc(CN2CCCCC2)c1)c1n[nH]c2ccc(-c3cncc(N4CCCCC4)c3)cc12. The van der Waals surface area contributed by atoms with Crippen LogP contribution in [0, 0.1) is 0 Å². The summed E-state index contributed by atoms with van der Waals surface area (Å²) >= 11 is 0. The van der Waals surface area contributed by atoms with Gasteiger partial charge in [-0.05, 0) is 81.1 Å². The summed E-state index contributed by atoms with van der Waals surface area (Å²) < 4.78 is 0. The number of likely N-dealkylation sites (tertiary alicyclic amines) is 1. The Hall–Kier alpha value is -3.78. The Morgan fingerprint density at radius 3 is 2.54 bits per heavy atom. The number of nitrogens with zero attached hydrogens (tertiary/aromatic N) is 5. The van der Waals surface area contributed by atoms with Crippen molar-refractivity contribution in [3.05, 3.63) is 66.4 Å². The molecule has 0 atom stereocenters. The van der Waals surface area contributed by atoms with Gasteiger partial charge >= 0.3 is 0 Å². The average molecular weight is 496 g/mol. The van der Waals surface area contributed by atoms with Crippen molar-refractivity contribution < 1.29 is 4.79 Å². The minimum atomic E-state index is -0.237. The quantitative estimate of drug-likeness (QED) is 0.380. The molecule has 2 saturated heterocycles. The van der Waals surface area contributed by atoms with Crippen LogP contribution in [0.5, 0.6) is 0 Å². The van der Waals surface area contributed by atoms with Gasteiger partial charge in [-0.15, -0.1) is 0 Å². The molecule has 8 nitrogen and oxygen atoms in total. The zero-order valence-corrected chi connectivity index (χ0v) is 21.1. The van der Waals surface area contributed by atoms with Gasteiger partial charge in [0.1, 0.15) is 0 Å². The molecule has 2 aliphatic rings. The van der Waals surface area contributed by atoms with Crippen molar-refractivity contribution in [2.24, 2.45) is 0 Å². The predicted octanol–water partition coefficient (Wildman–Crippen LogP) is 5.25. The van der Waals surface area contributed by atoms with Crippen LogP contribution in [0.4, 0.5) is 11.4 Å². The summed E-state index contributed by atoms with van der Waals surface area (Å²) in [6.45, 7) is 5.17. The highest BCUT2D eigenvalue weighted by Crippen LogP contribution is 2.29. The van der Waals surface area contributed by atoms with E-state index in [-0.39, 0.29) is 5.91 Å².